The molecule has 0 radical (unpaired) electrons. The summed E-state index contributed by atoms with van der Waals surface area (Å²) in [6, 6.07) is 0.197. The molecule has 0 aliphatic rings. The maximum Gasteiger partial charge on any atom is 0.0948 e. The summed E-state index contributed by atoms with van der Waals surface area (Å²) in [6.07, 6.45) is 2.69. The average molecular weight is 282 g/mol. The standard InChI is InChI=1S/C12H18N4S2/c1-12(2,3)10-7-17-11(15-10)5-8(13-4)9-6-14-18-16-9/h6-8,13H,5H2,1-4H3. The smallest absolute Gasteiger partial charge is 0.0948 e. The first-order valence-electron chi connectivity index (χ1n) is 5.90. The van der Waals surface area contributed by atoms with Gasteiger partial charge in [0.15, 0.2) is 0 Å². The molecule has 2 rings (SSSR count). The van der Waals surface area contributed by atoms with Gasteiger partial charge >= 0.3 is 0 Å². The summed E-state index contributed by atoms with van der Waals surface area (Å²) in [5.74, 6) is 0. The number of aromatic nitrogens is 3. The van der Waals surface area contributed by atoms with E-state index in [0.29, 0.717) is 0 Å². The fourth-order valence-electron chi connectivity index (χ4n) is 1.60. The highest BCUT2D eigenvalue weighted by Crippen LogP contribution is 2.26. The number of thiazole rings is 1. The van der Waals surface area contributed by atoms with Crippen molar-refractivity contribution in [1.29, 1.82) is 0 Å². The number of rotatable bonds is 4. The Morgan fingerprint density at radius 2 is 2.17 bits per heavy atom. The van der Waals surface area contributed by atoms with Gasteiger partial charge in [0.2, 0.25) is 0 Å². The highest BCUT2D eigenvalue weighted by Gasteiger charge is 2.20. The molecule has 0 spiro atoms. The van der Waals surface area contributed by atoms with Crippen molar-refractivity contribution >= 4 is 23.1 Å². The Morgan fingerprint density at radius 1 is 1.39 bits per heavy atom. The van der Waals surface area contributed by atoms with E-state index in [1.165, 1.54) is 11.7 Å². The van der Waals surface area contributed by atoms with Crippen molar-refractivity contribution in [1.82, 2.24) is 19.0 Å². The molecular weight excluding hydrogens is 264 g/mol. The van der Waals surface area contributed by atoms with E-state index >= 15 is 0 Å². The highest BCUT2D eigenvalue weighted by atomic mass is 32.1. The summed E-state index contributed by atoms with van der Waals surface area (Å²) in [4.78, 5) is 4.71. The second-order valence-electron chi connectivity index (χ2n) is 5.25. The summed E-state index contributed by atoms with van der Waals surface area (Å²) in [6.45, 7) is 6.56. The molecule has 0 aromatic carbocycles. The lowest BCUT2D eigenvalue weighted by Crippen LogP contribution is -2.19. The van der Waals surface area contributed by atoms with Gasteiger partial charge in [-0.3, -0.25) is 0 Å². The van der Waals surface area contributed by atoms with Gasteiger partial charge in [0, 0.05) is 17.2 Å². The van der Waals surface area contributed by atoms with Gasteiger partial charge in [-0.1, -0.05) is 20.8 Å². The monoisotopic (exact) mass is 282 g/mol. The largest absolute Gasteiger partial charge is 0.311 e. The maximum atomic E-state index is 4.71. The predicted octanol–water partition coefficient (Wildman–Crippen LogP) is 2.80. The first kappa shape index (κ1) is 13.6. The van der Waals surface area contributed by atoms with Crippen molar-refractivity contribution in [2.24, 2.45) is 0 Å². The first-order valence-corrected chi connectivity index (χ1v) is 7.51. The van der Waals surface area contributed by atoms with Crippen LogP contribution in [-0.4, -0.2) is 20.8 Å². The van der Waals surface area contributed by atoms with Gasteiger partial charge in [-0.25, -0.2) is 4.98 Å². The van der Waals surface area contributed by atoms with Crippen LogP contribution in [0.1, 0.15) is 43.2 Å². The molecular formula is C12H18N4S2. The van der Waals surface area contributed by atoms with Crippen LogP contribution in [0, 0.1) is 0 Å². The predicted molar refractivity (Wildman–Crippen MR) is 76.2 cm³/mol. The van der Waals surface area contributed by atoms with Crippen LogP contribution in [0.5, 0.6) is 0 Å². The maximum absolute atomic E-state index is 4.71. The van der Waals surface area contributed by atoms with E-state index in [1.807, 2.05) is 13.2 Å². The SMILES string of the molecule is CNC(Cc1nc(C(C)(C)C)cs1)c1cnsn1. The molecule has 2 aromatic rings. The highest BCUT2D eigenvalue weighted by molar-refractivity contribution is 7.09. The third kappa shape index (κ3) is 3.13. The molecule has 0 amide bonds. The topological polar surface area (TPSA) is 50.7 Å². The van der Waals surface area contributed by atoms with Crippen LogP contribution < -0.4 is 5.32 Å². The minimum absolute atomic E-state index is 0.117. The molecule has 6 heteroatoms. The quantitative estimate of drug-likeness (QED) is 0.937. The minimum Gasteiger partial charge on any atom is -0.311 e. The Labute approximate surface area is 116 Å². The number of hydrogen-bond acceptors (Lipinski definition) is 6. The summed E-state index contributed by atoms with van der Waals surface area (Å²) < 4.78 is 8.33. The zero-order valence-electron chi connectivity index (χ0n) is 11.1. The van der Waals surface area contributed by atoms with Crippen LogP contribution in [-0.2, 0) is 11.8 Å². The average Bonchev–Trinajstić information content (AvgIpc) is 2.95. The summed E-state index contributed by atoms with van der Waals surface area (Å²) in [5, 5.41) is 6.57. The van der Waals surface area contributed by atoms with E-state index in [4.69, 9.17) is 4.98 Å². The van der Waals surface area contributed by atoms with E-state index in [1.54, 1.807) is 11.3 Å². The van der Waals surface area contributed by atoms with Crippen molar-refractivity contribution in [3.8, 4) is 0 Å². The molecule has 4 nitrogen and oxygen atoms in total. The summed E-state index contributed by atoms with van der Waals surface area (Å²) in [7, 11) is 1.95. The molecule has 0 aliphatic heterocycles. The minimum atomic E-state index is 0.117. The van der Waals surface area contributed by atoms with Crippen LogP contribution >= 0.6 is 23.1 Å². The molecule has 2 aromatic heterocycles. The van der Waals surface area contributed by atoms with Gasteiger partial charge in [0.1, 0.15) is 0 Å². The molecule has 1 N–H and O–H groups in total. The Kier molecular flexibility index (Phi) is 4.09. The first-order chi connectivity index (χ1) is 8.50. The summed E-state index contributed by atoms with van der Waals surface area (Å²) in [5.41, 5.74) is 2.27. The number of hydrogen-bond donors (Lipinski definition) is 1. The van der Waals surface area contributed by atoms with Crippen LogP contribution in [0.2, 0.25) is 0 Å². The lowest BCUT2D eigenvalue weighted by Gasteiger charge is -2.15. The van der Waals surface area contributed by atoms with Crippen molar-refractivity contribution < 1.29 is 0 Å². The molecule has 0 saturated carbocycles. The Hall–Kier alpha value is -0.850. The molecule has 18 heavy (non-hydrogen) atoms. The number of nitrogens with zero attached hydrogens (tertiary/aromatic N) is 3. The molecule has 0 saturated heterocycles. The van der Waals surface area contributed by atoms with Gasteiger partial charge < -0.3 is 5.32 Å². The van der Waals surface area contributed by atoms with Crippen molar-refractivity contribution in [3.63, 3.8) is 0 Å². The zero-order valence-corrected chi connectivity index (χ0v) is 12.7. The van der Waals surface area contributed by atoms with Crippen LogP contribution in [0.25, 0.3) is 0 Å². The lowest BCUT2D eigenvalue weighted by molar-refractivity contribution is 0.556. The van der Waals surface area contributed by atoms with Crippen LogP contribution in [0.4, 0.5) is 0 Å². The normalized spacial score (nSPS) is 13.8. The Morgan fingerprint density at radius 3 is 2.67 bits per heavy atom. The molecule has 0 fully saturated rings. The molecule has 1 atom stereocenters. The fraction of sp³-hybridized carbons (Fsp3) is 0.583. The van der Waals surface area contributed by atoms with E-state index in [2.05, 4.69) is 40.2 Å². The van der Waals surface area contributed by atoms with Crippen LogP contribution in [0.15, 0.2) is 11.6 Å². The molecule has 2 heterocycles. The Bertz CT molecular complexity index is 484. The van der Waals surface area contributed by atoms with Gasteiger partial charge in [0.25, 0.3) is 0 Å². The fourth-order valence-corrected chi connectivity index (χ4v) is 3.14. The summed E-state index contributed by atoms with van der Waals surface area (Å²) >= 11 is 2.97. The van der Waals surface area contributed by atoms with E-state index in [0.717, 1.165) is 22.8 Å². The van der Waals surface area contributed by atoms with E-state index < -0.39 is 0 Å². The molecule has 1 unspecified atom stereocenters. The second-order valence-corrected chi connectivity index (χ2v) is 6.75. The van der Waals surface area contributed by atoms with Gasteiger partial charge in [-0.05, 0) is 7.05 Å². The zero-order chi connectivity index (χ0) is 13.2. The molecule has 0 bridgehead atoms. The lowest BCUT2D eigenvalue weighted by atomic mass is 9.93. The molecule has 0 aliphatic carbocycles. The second kappa shape index (κ2) is 5.42. The van der Waals surface area contributed by atoms with Gasteiger partial charge in [-0.2, -0.15) is 8.75 Å². The van der Waals surface area contributed by atoms with Gasteiger partial charge in [0.05, 0.1) is 40.4 Å². The number of nitrogens with one attached hydrogen (secondary N) is 1. The van der Waals surface area contributed by atoms with E-state index in [-0.39, 0.29) is 11.5 Å². The molecule has 98 valence electrons. The van der Waals surface area contributed by atoms with Crippen molar-refractivity contribution in [2.45, 2.75) is 38.6 Å². The Balaban J connectivity index is 2.11. The van der Waals surface area contributed by atoms with Crippen molar-refractivity contribution in [3.05, 3.63) is 28.0 Å². The van der Waals surface area contributed by atoms with Crippen molar-refractivity contribution in [2.75, 3.05) is 7.05 Å². The number of likely N-dealkylation sites (N-methyl/N-ethyl adjacent to an activating group) is 1. The third-order valence-corrected chi connectivity index (χ3v) is 4.15. The third-order valence-electron chi connectivity index (χ3n) is 2.78. The van der Waals surface area contributed by atoms with Gasteiger partial charge in [-0.15, -0.1) is 11.3 Å². The van der Waals surface area contributed by atoms with Crippen LogP contribution in [0.3, 0.4) is 0 Å². The van der Waals surface area contributed by atoms with E-state index in [9.17, 15) is 0 Å².